The molecule has 0 radical (unpaired) electrons. The minimum atomic E-state index is 0.128. The molecule has 0 aliphatic carbocycles. The molecule has 19 heavy (non-hydrogen) atoms. The molecule has 1 saturated heterocycles. The molecule has 1 aliphatic heterocycles. The lowest BCUT2D eigenvalue weighted by Crippen LogP contribution is -2.39. The van der Waals surface area contributed by atoms with Crippen molar-refractivity contribution in [2.45, 2.75) is 46.2 Å². The summed E-state index contributed by atoms with van der Waals surface area (Å²) >= 11 is 0. The van der Waals surface area contributed by atoms with E-state index in [-0.39, 0.29) is 6.04 Å². The van der Waals surface area contributed by atoms with E-state index >= 15 is 0 Å². The van der Waals surface area contributed by atoms with Gasteiger partial charge in [-0.05, 0) is 31.2 Å². The maximum absolute atomic E-state index is 6.23. The summed E-state index contributed by atoms with van der Waals surface area (Å²) in [5, 5.41) is 4.29. The number of rotatable bonds is 3. The van der Waals surface area contributed by atoms with Crippen molar-refractivity contribution in [1.82, 2.24) is 14.7 Å². The van der Waals surface area contributed by atoms with Crippen LogP contribution in [0.3, 0.4) is 0 Å². The van der Waals surface area contributed by atoms with E-state index in [1.807, 2.05) is 17.9 Å². The highest BCUT2D eigenvalue weighted by Gasteiger charge is 2.36. The van der Waals surface area contributed by atoms with Gasteiger partial charge in [-0.1, -0.05) is 20.8 Å². The van der Waals surface area contributed by atoms with E-state index in [0.29, 0.717) is 11.5 Å². The summed E-state index contributed by atoms with van der Waals surface area (Å²) in [4.78, 5) is 2.54. The number of aromatic nitrogens is 2. The fourth-order valence-corrected chi connectivity index (χ4v) is 3.19. The summed E-state index contributed by atoms with van der Waals surface area (Å²) in [6, 6.07) is 0.420. The fourth-order valence-electron chi connectivity index (χ4n) is 3.19. The molecule has 108 valence electrons. The topological polar surface area (TPSA) is 47.1 Å². The predicted octanol–water partition coefficient (Wildman–Crippen LogP) is 2.18. The summed E-state index contributed by atoms with van der Waals surface area (Å²) in [7, 11) is 1.96. The van der Waals surface area contributed by atoms with Gasteiger partial charge in [-0.15, -0.1) is 0 Å². The van der Waals surface area contributed by atoms with Crippen LogP contribution in [0.2, 0.25) is 0 Å². The summed E-state index contributed by atoms with van der Waals surface area (Å²) in [6.07, 6.45) is 5.32. The van der Waals surface area contributed by atoms with E-state index in [1.54, 1.807) is 0 Å². The van der Waals surface area contributed by atoms with Crippen LogP contribution in [0.1, 0.15) is 45.7 Å². The lowest BCUT2D eigenvalue weighted by atomic mass is 9.80. The van der Waals surface area contributed by atoms with Gasteiger partial charge < -0.3 is 5.73 Å². The van der Waals surface area contributed by atoms with E-state index in [0.717, 1.165) is 19.0 Å². The number of hydrogen-bond donors (Lipinski definition) is 1. The second kappa shape index (κ2) is 5.25. The first-order chi connectivity index (χ1) is 8.79. The first kappa shape index (κ1) is 14.5. The van der Waals surface area contributed by atoms with Crippen LogP contribution in [0.15, 0.2) is 12.4 Å². The van der Waals surface area contributed by atoms with Crippen molar-refractivity contribution in [2.75, 3.05) is 13.1 Å². The molecular weight excluding hydrogens is 236 g/mol. The second-order valence-electron chi connectivity index (χ2n) is 7.10. The Labute approximate surface area is 117 Å². The normalized spacial score (nSPS) is 24.6. The van der Waals surface area contributed by atoms with Crippen molar-refractivity contribution in [3.05, 3.63) is 18.0 Å². The van der Waals surface area contributed by atoms with E-state index in [1.165, 1.54) is 12.0 Å². The van der Waals surface area contributed by atoms with Crippen LogP contribution >= 0.6 is 0 Å². The van der Waals surface area contributed by atoms with E-state index < -0.39 is 0 Å². The zero-order valence-corrected chi connectivity index (χ0v) is 12.9. The Bertz CT molecular complexity index is 416. The maximum Gasteiger partial charge on any atom is 0.0538 e. The van der Waals surface area contributed by atoms with Gasteiger partial charge in [0.2, 0.25) is 0 Å². The predicted molar refractivity (Wildman–Crippen MR) is 78.7 cm³/mol. The molecule has 2 heterocycles. The Kier molecular flexibility index (Phi) is 4.02. The molecule has 3 atom stereocenters. The highest BCUT2D eigenvalue weighted by molar-refractivity contribution is 5.14. The lowest BCUT2D eigenvalue weighted by Gasteiger charge is -2.32. The summed E-state index contributed by atoms with van der Waals surface area (Å²) in [5.41, 5.74) is 7.86. The molecule has 0 amide bonds. The van der Waals surface area contributed by atoms with E-state index in [9.17, 15) is 0 Å². The van der Waals surface area contributed by atoms with Crippen molar-refractivity contribution in [1.29, 1.82) is 0 Å². The standard InChI is InChI=1S/C15H28N4/c1-11(16)14(12-8-17-18(5)9-12)19-7-6-13(10-19)15(2,3)4/h8-9,11,13-14H,6-7,10,16H2,1-5H3. The third-order valence-electron chi connectivity index (χ3n) is 4.40. The Morgan fingerprint density at radius 1 is 1.42 bits per heavy atom. The maximum atomic E-state index is 6.23. The molecule has 4 nitrogen and oxygen atoms in total. The molecule has 3 unspecified atom stereocenters. The molecule has 0 saturated carbocycles. The zero-order valence-electron chi connectivity index (χ0n) is 12.9. The summed E-state index contributed by atoms with van der Waals surface area (Å²) in [6.45, 7) is 11.4. The number of nitrogens with two attached hydrogens (primary N) is 1. The number of hydrogen-bond acceptors (Lipinski definition) is 3. The first-order valence-corrected chi connectivity index (χ1v) is 7.27. The third kappa shape index (κ3) is 3.18. The Morgan fingerprint density at radius 2 is 2.11 bits per heavy atom. The van der Waals surface area contributed by atoms with Crippen molar-refractivity contribution in [3.8, 4) is 0 Å². The van der Waals surface area contributed by atoms with Crippen LogP contribution in [0, 0.1) is 11.3 Å². The van der Waals surface area contributed by atoms with Gasteiger partial charge in [0.05, 0.1) is 12.2 Å². The molecule has 1 aliphatic rings. The van der Waals surface area contributed by atoms with Crippen LogP contribution < -0.4 is 5.73 Å². The van der Waals surface area contributed by atoms with Crippen LogP contribution in [-0.2, 0) is 7.05 Å². The minimum Gasteiger partial charge on any atom is -0.326 e. The molecule has 1 aromatic heterocycles. The van der Waals surface area contributed by atoms with Crippen molar-refractivity contribution < 1.29 is 0 Å². The van der Waals surface area contributed by atoms with Crippen LogP contribution in [-0.4, -0.2) is 33.8 Å². The lowest BCUT2D eigenvalue weighted by molar-refractivity contribution is 0.180. The smallest absolute Gasteiger partial charge is 0.0538 e. The zero-order chi connectivity index (χ0) is 14.2. The van der Waals surface area contributed by atoms with Crippen molar-refractivity contribution in [3.63, 3.8) is 0 Å². The molecular formula is C15H28N4. The summed E-state index contributed by atoms with van der Waals surface area (Å²) in [5.74, 6) is 0.755. The van der Waals surface area contributed by atoms with Crippen LogP contribution in [0.5, 0.6) is 0 Å². The van der Waals surface area contributed by atoms with Gasteiger partial charge in [-0.2, -0.15) is 5.10 Å². The third-order valence-corrected chi connectivity index (χ3v) is 4.40. The number of nitrogens with zero attached hydrogens (tertiary/aromatic N) is 3. The monoisotopic (exact) mass is 264 g/mol. The second-order valence-corrected chi connectivity index (χ2v) is 7.10. The van der Waals surface area contributed by atoms with Gasteiger partial charge >= 0.3 is 0 Å². The van der Waals surface area contributed by atoms with Crippen LogP contribution in [0.25, 0.3) is 0 Å². The Hall–Kier alpha value is -0.870. The van der Waals surface area contributed by atoms with Gasteiger partial charge in [0.15, 0.2) is 0 Å². The van der Waals surface area contributed by atoms with Gasteiger partial charge in [-0.25, -0.2) is 0 Å². The Balaban J connectivity index is 2.14. The van der Waals surface area contributed by atoms with Crippen molar-refractivity contribution in [2.24, 2.45) is 24.1 Å². The molecule has 2 rings (SSSR count). The van der Waals surface area contributed by atoms with Gasteiger partial charge in [0, 0.05) is 31.4 Å². The van der Waals surface area contributed by atoms with Gasteiger partial charge in [0.1, 0.15) is 0 Å². The average molecular weight is 264 g/mol. The molecule has 2 N–H and O–H groups in total. The average Bonchev–Trinajstić information content (AvgIpc) is 2.87. The summed E-state index contributed by atoms with van der Waals surface area (Å²) < 4.78 is 1.86. The van der Waals surface area contributed by atoms with Gasteiger partial charge in [-0.3, -0.25) is 9.58 Å². The SMILES string of the molecule is CC(N)C(c1cnn(C)c1)N1CCC(C(C)(C)C)C1. The molecule has 1 aromatic rings. The minimum absolute atomic E-state index is 0.128. The molecule has 1 fully saturated rings. The quantitative estimate of drug-likeness (QED) is 0.910. The highest BCUT2D eigenvalue weighted by atomic mass is 15.3. The van der Waals surface area contributed by atoms with E-state index in [4.69, 9.17) is 5.73 Å². The highest BCUT2D eigenvalue weighted by Crippen LogP contribution is 2.37. The largest absolute Gasteiger partial charge is 0.326 e. The Morgan fingerprint density at radius 3 is 2.53 bits per heavy atom. The van der Waals surface area contributed by atoms with Crippen molar-refractivity contribution >= 4 is 0 Å². The molecule has 0 aromatic carbocycles. The van der Waals surface area contributed by atoms with Crippen LogP contribution in [0.4, 0.5) is 0 Å². The molecule has 4 heteroatoms. The number of likely N-dealkylation sites (tertiary alicyclic amines) is 1. The fraction of sp³-hybridized carbons (Fsp3) is 0.800. The van der Waals surface area contributed by atoms with Gasteiger partial charge in [0.25, 0.3) is 0 Å². The molecule has 0 bridgehead atoms. The molecule has 0 spiro atoms. The van der Waals surface area contributed by atoms with E-state index in [2.05, 4.69) is 43.9 Å². The number of aryl methyl sites for hydroxylation is 1. The first-order valence-electron chi connectivity index (χ1n) is 7.27.